The number of anilines is 1. The molecule has 2 aromatic rings. The highest BCUT2D eigenvalue weighted by Crippen LogP contribution is 2.15. The number of aryl methyl sites for hydroxylation is 1. The Kier molecular flexibility index (Phi) is 2.92. The minimum Gasteiger partial charge on any atom is -0.440 e. The second kappa shape index (κ2) is 4.37. The molecule has 0 aliphatic rings. The van der Waals surface area contributed by atoms with Crippen LogP contribution in [-0.2, 0) is 0 Å². The average Bonchev–Trinajstić information content (AvgIpc) is 2.68. The van der Waals surface area contributed by atoms with Crippen molar-refractivity contribution in [1.82, 2.24) is 4.98 Å². The number of pyridine rings is 1. The van der Waals surface area contributed by atoms with E-state index >= 15 is 0 Å². The lowest BCUT2D eigenvalue weighted by Crippen LogP contribution is -2.12. The van der Waals surface area contributed by atoms with E-state index in [1.54, 1.807) is 12.3 Å². The lowest BCUT2D eigenvalue weighted by Gasteiger charge is -2.04. The second-order valence-electron chi connectivity index (χ2n) is 3.23. The van der Waals surface area contributed by atoms with E-state index < -0.39 is 0 Å². The van der Waals surface area contributed by atoms with Gasteiger partial charge in [-0.15, -0.1) is 0 Å². The molecule has 5 heteroatoms. The van der Waals surface area contributed by atoms with Gasteiger partial charge in [0.15, 0.2) is 11.0 Å². The van der Waals surface area contributed by atoms with E-state index in [1.165, 1.54) is 12.1 Å². The van der Waals surface area contributed by atoms with Crippen molar-refractivity contribution in [3.05, 3.63) is 47.0 Å². The Bertz CT molecular complexity index is 522. The summed E-state index contributed by atoms with van der Waals surface area (Å²) in [5, 5.41) is 2.82. The first kappa shape index (κ1) is 10.7. The Balaban J connectivity index is 2.17. The van der Waals surface area contributed by atoms with Crippen LogP contribution in [0, 0.1) is 6.92 Å². The molecule has 0 radical (unpaired) electrons. The fourth-order valence-corrected chi connectivity index (χ4v) is 1.37. The normalized spacial score (nSPS) is 10.1. The van der Waals surface area contributed by atoms with Gasteiger partial charge in [-0.1, -0.05) is 6.07 Å². The number of rotatable bonds is 2. The fourth-order valence-electron chi connectivity index (χ4n) is 1.22. The van der Waals surface area contributed by atoms with Crippen molar-refractivity contribution in [1.29, 1.82) is 0 Å². The highest BCUT2D eigenvalue weighted by Gasteiger charge is 2.12. The van der Waals surface area contributed by atoms with Crippen molar-refractivity contribution in [3.8, 4) is 0 Å². The summed E-state index contributed by atoms with van der Waals surface area (Å²) in [5.41, 5.74) is 0.883. The highest BCUT2D eigenvalue weighted by molar-refractivity contribution is 6.29. The topological polar surface area (TPSA) is 55.1 Å². The summed E-state index contributed by atoms with van der Waals surface area (Å²) < 4.78 is 4.98. The number of carbonyl (C=O) groups excluding carboxylic acids is 1. The molecule has 0 bridgehead atoms. The Morgan fingerprint density at radius 1 is 1.44 bits per heavy atom. The van der Waals surface area contributed by atoms with Gasteiger partial charge in [0, 0.05) is 6.20 Å². The van der Waals surface area contributed by atoms with Crippen LogP contribution >= 0.6 is 11.6 Å². The Morgan fingerprint density at radius 3 is 2.88 bits per heavy atom. The van der Waals surface area contributed by atoms with Crippen LogP contribution in [0.2, 0.25) is 5.22 Å². The molecular weight excluding hydrogens is 228 g/mol. The van der Waals surface area contributed by atoms with E-state index in [1.807, 2.05) is 13.0 Å². The lowest BCUT2D eigenvalue weighted by molar-refractivity contribution is 0.0996. The molecule has 2 heterocycles. The monoisotopic (exact) mass is 236 g/mol. The van der Waals surface area contributed by atoms with Crippen molar-refractivity contribution in [2.24, 2.45) is 0 Å². The van der Waals surface area contributed by atoms with Crippen LogP contribution in [0.25, 0.3) is 0 Å². The number of hydrogen-bond acceptors (Lipinski definition) is 3. The van der Waals surface area contributed by atoms with Crippen molar-refractivity contribution in [2.45, 2.75) is 6.92 Å². The van der Waals surface area contributed by atoms with Crippen LogP contribution in [0.15, 0.2) is 34.9 Å². The Hall–Kier alpha value is -1.81. The zero-order valence-corrected chi connectivity index (χ0v) is 9.28. The van der Waals surface area contributed by atoms with E-state index in [0.717, 1.165) is 5.56 Å². The predicted octanol–water partition coefficient (Wildman–Crippen LogP) is 2.89. The molecule has 0 atom stereocenters. The molecule has 1 amide bonds. The van der Waals surface area contributed by atoms with Gasteiger partial charge in [-0.2, -0.15) is 0 Å². The first-order chi connectivity index (χ1) is 7.66. The molecule has 82 valence electrons. The predicted molar refractivity (Wildman–Crippen MR) is 60.6 cm³/mol. The molecule has 1 N–H and O–H groups in total. The van der Waals surface area contributed by atoms with Gasteiger partial charge >= 0.3 is 0 Å². The van der Waals surface area contributed by atoms with Gasteiger partial charge in [0.2, 0.25) is 0 Å². The van der Waals surface area contributed by atoms with Crippen LogP contribution < -0.4 is 5.32 Å². The quantitative estimate of drug-likeness (QED) is 0.872. The van der Waals surface area contributed by atoms with Gasteiger partial charge in [0.25, 0.3) is 5.91 Å². The smallest absolute Gasteiger partial charge is 0.292 e. The zero-order valence-electron chi connectivity index (χ0n) is 8.53. The molecule has 4 nitrogen and oxygen atoms in total. The molecule has 0 unspecified atom stereocenters. The third kappa shape index (κ3) is 2.23. The number of nitrogens with one attached hydrogen (secondary N) is 1. The number of carbonyl (C=O) groups is 1. The third-order valence-corrected chi connectivity index (χ3v) is 2.24. The molecule has 0 aliphatic heterocycles. The molecule has 0 spiro atoms. The van der Waals surface area contributed by atoms with Crippen LogP contribution in [-0.4, -0.2) is 10.9 Å². The average molecular weight is 237 g/mol. The molecule has 0 saturated carbocycles. The molecule has 0 fully saturated rings. The summed E-state index contributed by atoms with van der Waals surface area (Å²) in [7, 11) is 0. The maximum atomic E-state index is 11.7. The second-order valence-corrected chi connectivity index (χ2v) is 3.60. The molecular formula is C11H9ClN2O2. The fraction of sp³-hybridized carbons (Fsp3) is 0.0909. The highest BCUT2D eigenvalue weighted by atomic mass is 35.5. The summed E-state index contributed by atoms with van der Waals surface area (Å²) in [6, 6.07) is 6.68. The van der Waals surface area contributed by atoms with E-state index in [9.17, 15) is 4.79 Å². The van der Waals surface area contributed by atoms with Crippen molar-refractivity contribution in [2.75, 3.05) is 5.32 Å². The van der Waals surface area contributed by atoms with Gasteiger partial charge in [-0.25, -0.2) is 4.98 Å². The standard InChI is InChI=1S/C11H9ClN2O2/c1-7-3-2-6-13-10(7)14-11(15)8-4-5-9(12)16-8/h2-6H,1H3,(H,13,14,15). The number of aromatic nitrogens is 1. The molecule has 16 heavy (non-hydrogen) atoms. The summed E-state index contributed by atoms with van der Waals surface area (Å²) in [6.45, 7) is 1.86. The van der Waals surface area contributed by atoms with Gasteiger partial charge in [-0.3, -0.25) is 4.79 Å². The number of hydrogen-bond donors (Lipinski definition) is 1. The first-order valence-electron chi connectivity index (χ1n) is 4.65. The van der Waals surface area contributed by atoms with Crippen LogP contribution in [0.5, 0.6) is 0 Å². The third-order valence-electron chi connectivity index (χ3n) is 2.04. The van der Waals surface area contributed by atoms with Crippen molar-refractivity contribution < 1.29 is 9.21 Å². The van der Waals surface area contributed by atoms with E-state index in [4.69, 9.17) is 16.0 Å². The minimum atomic E-state index is -0.367. The SMILES string of the molecule is Cc1cccnc1NC(=O)c1ccc(Cl)o1. The van der Waals surface area contributed by atoms with Gasteiger partial charge in [0.05, 0.1) is 0 Å². The Labute approximate surface area is 97.2 Å². The number of furan rings is 1. The minimum absolute atomic E-state index is 0.162. The van der Waals surface area contributed by atoms with Crippen LogP contribution in [0.3, 0.4) is 0 Å². The maximum Gasteiger partial charge on any atom is 0.292 e. The van der Waals surface area contributed by atoms with E-state index in [-0.39, 0.29) is 16.9 Å². The lowest BCUT2D eigenvalue weighted by atomic mass is 10.3. The molecule has 0 aliphatic carbocycles. The summed E-state index contributed by atoms with van der Waals surface area (Å²) in [5.74, 6) is 0.309. The summed E-state index contributed by atoms with van der Waals surface area (Å²) in [6.07, 6.45) is 1.61. The van der Waals surface area contributed by atoms with Gasteiger partial charge in [-0.05, 0) is 42.3 Å². The molecule has 0 aromatic carbocycles. The van der Waals surface area contributed by atoms with Gasteiger partial charge in [0.1, 0.15) is 5.82 Å². The van der Waals surface area contributed by atoms with Crippen molar-refractivity contribution in [3.63, 3.8) is 0 Å². The zero-order chi connectivity index (χ0) is 11.5. The summed E-state index contributed by atoms with van der Waals surface area (Å²) >= 11 is 5.58. The maximum absolute atomic E-state index is 11.7. The summed E-state index contributed by atoms with van der Waals surface area (Å²) in [4.78, 5) is 15.7. The molecule has 0 saturated heterocycles. The molecule has 2 aromatic heterocycles. The largest absolute Gasteiger partial charge is 0.440 e. The van der Waals surface area contributed by atoms with E-state index in [0.29, 0.717) is 5.82 Å². The number of halogens is 1. The first-order valence-corrected chi connectivity index (χ1v) is 5.03. The Morgan fingerprint density at radius 2 is 2.25 bits per heavy atom. The van der Waals surface area contributed by atoms with E-state index in [2.05, 4.69) is 10.3 Å². The number of amides is 1. The van der Waals surface area contributed by atoms with Crippen molar-refractivity contribution >= 4 is 23.3 Å². The number of nitrogens with zero attached hydrogens (tertiary/aromatic N) is 1. The van der Waals surface area contributed by atoms with Gasteiger partial charge < -0.3 is 9.73 Å². The van der Waals surface area contributed by atoms with Crippen LogP contribution in [0.4, 0.5) is 5.82 Å². The van der Waals surface area contributed by atoms with Crippen LogP contribution in [0.1, 0.15) is 16.1 Å². The molecule has 2 rings (SSSR count).